The van der Waals surface area contributed by atoms with Gasteiger partial charge >= 0.3 is 0 Å². The van der Waals surface area contributed by atoms with Gasteiger partial charge < -0.3 is 5.32 Å². The Balaban J connectivity index is 2.30. The van der Waals surface area contributed by atoms with Crippen LogP contribution in [0.25, 0.3) is 0 Å². The van der Waals surface area contributed by atoms with Crippen LogP contribution in [-0.2, 0) is 0 Å². The van der Waals surface area contributed by atoms with Gasteiger partial charge in [0.05, 0.1) is 0 Å². The lowest BCUT2D eigenvalue weighted by Gasteiger charge is -2.27. The van der Waals surface area contributed by atoms with Gasteiger partial charge in [0.15, 0.2) is 0 Å². The molecule has 1 fully saturated rings. The van der Waals surface area contributed by atoms with Crippen LogP contribution in [0.4, 0.5) is 0 Å². The summed E-state index contributed by atoms with van der Waals surface area (Å²) in [6.45, 7) is 2.02. The lowest BCUT2D eigenvalue weighted by Crippen LogP contribution is -2.39. The third-order valence-electron chi connectivity index (χ3n) is 2.04. The molecular formula is C8H8Cl2N2. The molecule has 1 aromatic heterocycles. The van der Waals surface area contributed by atoms with E-state index in [0.29, 0.717) is 16.2 Å². The van der Waals surface area contributed by atoms with Crippen molar-refractivity contribution in [1.29, 1.82) is 0 Å². The zero-order chi connectivity index (χ0) is 8.55. The standard InChI is InChI=1S/C8H8Cl2N2/c9-7-1-5(2-8(10)12-7)6-3-11-4-6/h1-2,6,11H,3-4H2. The van der Waals surface area contributed by atoms with E-state index in [1.54, 1.807) is 0 Å². The largest absolute Gasteiger partial charge is 0.315 e. The molecule has 2 nitrogen and oxygen atoms in total. The van der Waals surface area contributed by atoms with Gasteiger partial charge in [-0.1, -0.05) is 23.2 Å². The molecule has 64 valence electrons. The van der Waals surface area contributed by atoms with Gasteiger partial charge in [0.2, 0.25) is 0 Å². The molecule has 0 unspecified atom stereocenters. The molecule has 0 spiro atoms. The molecule has 0 atom stereocenters. The fourth-order valence-corrected chi connectivity index (χ4v) is 1.72. The summed E-state index contributed by atoms with van der Waals surface area (Å²) in [5.41, 5.74) is 1.18. The Bertz CT molecular complexity index is 277. The summed E-state index contributed by atoms with van der Waals surface area (Å²) in [5.74, 6) is 0.558. The number of aromatic nitrogens is 1. The molecule has 0 amide bonds. The maximum atomic E-state index is 5.76. The molecule has 2 heterocycles. The first kappa shape index (κ1) is 8.30. The highest BCUT2D eigenvalue weighted by atomic mass is 35.5. The zero-order valence-corrected chi connectivity index (χ0v) is 7.86. The van der Waals surface area contributed by atoms with Crippen molar-refractivity contribution in [3.8, 4) is 0 Å². The second-order valence-electron chi connectivity index (χ2n) is 2.90. The molecule has 1 saturated heterocycles. The Hall–Kier alpha value is -0.310. The van der Waals surface area contributed by atoms with Crippen molar-refractivity contribution >= 4 is 23.2 Å². The monoisotopic (exact) mass is 202 g/mol. The van der Waals surface area contributed by atoms with Crippen molar-refractivity contribution in [2.75, 3.05) is 13.1 Å². The topological polar surface area (TPSA) is 24.9 Å². The summed E-state index contributed by atoms with van der Waals surface area (Å²) >= 11 is 11.5. The quantitative estimate of drug-likeness (QED) is 0.706. The van der Waals surface area contributed by atoms with Crippen LogP contribution in [-0.4, -0.2) is 18.1 Å². The zero-order valence-electron chi connectivity index (χ0n) is 6.35. The molecule has 0 bridgehead atoms. The van der Waals surface area contributed by atoms with Crippen LogP contribution < -0.4 is 5.32 Å². The molecule has 4 heteroatoms. The third-order valence-corrected chi connectivity index (χ3v) is 2.43. The van der Waals surface area contributed by atoms with Crippen LogP contribution in [0.3, 0.4) is 0 Å². The first-order valence-electron chi connectivity index (χ1n) is 3.79. The fraction of sp³-hybridized carbons (Fsp3) is 0.375. The van der Waals surface area contributed by atoms with Crippen LogP contribution in [0.5, 0.6) is 0 Å². The maximum absolute atomic E-state index is 5.76. The average molecular weight is 203 g/mol. The van der Waals surface area contributed by atoms with Gasteiger partial charge in [-0.2, -0.15) is 0 Å². The van der Waals surface area contributed by atoms with Crippen LogP contribution in [0.1, 0.15) is 11.5 Å². The second-order valence-corrected chi connectivity index (χ2v) is 3.68. The molecular weight excluding hydrogens is 195 g/mol. The minimum Gasteiger partial charge on any atom is -0.315 e. The van der Waals surface area contributed by atoms with E-state index >= 15 is 0 Å². The van der Waals surface area contributed by atoms with Crippen molar-refractivity contribution in [2.45, 2.75) is 5.92 Å². The summed E-state index contributed by atoms with van der Waals surface area (Å²) in [6, 6.07) is 3.75. The van der Waals surface area contributed by atoms with Crippen molar-refractivity contribution in [3.63, 3.8) is 0 Å². The Morgan fingerprint density at radius 3 is 2.25 bits per heavy atom. The van der Waals surface area contributed by atoms with Gasteiger partial charge in [-0.25, -0.2) is 4.98 Å². The van der Waals surface area contributed by atoms with Gasteiger partial charge in [-0.05, 0) is 17.7 Å². The SMILES string of the molecule is Clc1cc(C2CNC2)cc(Cl)n1. The van der Waals surface area contributed by atoms with E-state index in [4.69, 9.17) is 23.2 Å². The number of nitrogens with zero attached hydrogens (tertiary/aromatic N) is 1. The minimum atomic E-state index is 0.476. The lowest BCUT2D eigenvalue weighted by atomic mass is 9.95. The number of halogens is 2. The predicted molar refractivity (Wildman–Crippen MR) is 49.9 cm³/mol. The number of pyridine rings is 1. The number of rotatable bonds is 1. The van der Waals surface area contributed by atoms with Crippen LogP contribution >= 0.6 is 23.2 Å². The molecule has 0 radical (unpaired) electrons. The molecule has 1 aliphatic heterocycles. The highest BCUT2D eigenvalue weighted by molar-refractivity contribution is 6.32. The van der Waals surface area contributed by atoms with E-state index in [1.165, 1.54) is 5.56 Å². The van der Waals surface area contributed by atoms with Crippen molar-refractivity contribution in [2.24, 2.45) is 0 Å². The molecule has 2 rings (SSSR count). The molecule has 12 heavy (non-hydrogen) atoms. The molecule has 0 saturated carbocycles. The van der Waals surface area contributed by atoms with Crippen molar-refractivity contribution in [1.82, 2.24) is 10.3 Å². The lowest BCUT2D eigenvalue weighted by molar-refractivity contribution is 0.448. The first-order valence-corrected chi connectivity index (χ1v) is 4.55. The summed E-state index contributed by atoms with van der Waals surface area (Å²) < 4.78 is 0. The van der Waals surface area contributed by atoms with Crippen molar-refractivity contribution < 1.29 is 0 Å². The summed E-state index contributed by atoms with van der Waals surface area (Å²) in [6.07, 6.45) is 0. The fourth-order valence-electron chi connectivity index (χ4n) is 1.24. The van der Waals surface area contributed by atoms with Gasteiger partial charge in [0.1, 0.15) is 10.3 Å². The molecule has 1 aromatic rings. The van der Waals surface area contributed by atoms with Crippen LogP contribution in [0.2, 0.25) is 10.3 Å². The molecule has 1 aliphatic rings. The van der Waals surface area contributed by atoms with E-state index in [1.807, 2.05) is 12.1 Å². The Kier molecular flexibility index (Phi) is 2.22. The van der Waals surface area contributed by atoms with E-state index in [2.05, 4.69) is 10.3 Å². The Morgan fingerprint density at radius 2 is 1.83 bits per heavy atom. The third kappa shape index (κ3) is 1.56. The smallest absolute Gasteiger partial charge is 0.131 e. The average Bonchev–Trinajstić information content (AvgIpc) is 1.79. The summed E-state index contributed by atoms with van der Waals surface area (Å²) in [4.78, 5) is 3.89. The van der Waals surface area contributed by atoms with Gasteiger partial charge in [-0.3, -0.25) is 0 Å². The van der Waals surface area contributed by atoms with Gasteiger partial charge in [0.25, 0.3) is 0 Å². The van der Waals surface area contributed by atoms with E-state index in [0.717, 1.165) is 13.1 Å². The molecule has 1 N–H and O–H groups in total. The number of hydrogen-bond donors (Lipinski definition) is 1. The Morgan fingerprint density at radius 1 is 1.25 bits per heavy atom. The highest BCUT2D eigenvalue weighted by Crippen LogP contribution is 2.24. The summed E-state index contributed by atoms with van der Waals surface area (Å²) in [5, 5.41) is 4.14. The molecule has 0 aromatic carbocycles. The van der Waals surface area contributed by atoms with Crippen LogP contribution in [0.15, 0.2) is 12.1 Å². The van der Waals surface area contributed by atoms with E-state index in [9.17, 15) is 0 Å². The van der Waals surface area contributed by atoms with E-state index in [-0.39, 0.29) is 0 Å². The van der Waals surface area contributed by atoms with Crippen LogP contribution in [0, 0.1) is 0 Å². The Labute approximate surface area is 80.9 Å². The van der Waals surface area contributed by atoms with E-state index < -0.39 is 0 Å². The summed E-state index contributed by atoms with van der Waals surface area (Å²) in [7, 11) is 0. The maximum Gasteiger partial charge on any atom is 0.131 e. The van der Waals surface area contributed by atoms with Crippen molar-refractivity contribution in [3.05, 3.63) is 28.0 Å². The van der Waals surface area contributed by atoms with Gasteiger partial charge in [0, 0.05) is 19.0 Å². The first-order chi connectivity index (χ1) is 5.75. The second kappa shape index (κ2) is 3.21. The number of nitrogens with one attached hydrogen (secondary N) is 1. The minimum absolute atomic E-state index is 0.476. The highest BCUT2D eigenvalue weighted by Gasteiger charge is 2.19. The molecule has 0 aliphatic carbocycles. The predicted octanol–water partition coefficient (Wildman–Crippen LogP) is 2.08. The van der Waals surface area contributed by atoms with Gasteiger partial charge in [-0.15, -0.1) is 0 Å². The normalized spacial score (nSPS) is 17.5. The number of hydrogen-bond acceptors (Lipinski definition) is 2.